The molecule has 0 aliphatic carbocycles. The van der Waals surface area contributed by atoms with E-state index in [1.165, 1.54) is 0 Å². The van der Waals surface area contributed by atoms with Gasteiger partial charge in [0, 0.05) is 12.6 Å². The van der Waals surface area contributed by atoms with Gasteiger partial charge >= 0.3 is 6.61 Å². The van der Waals surface area contributed by atoms with Crippen LogP contribution in [-0.2, 0) is 6.54 Å². The molecule has 0 unspecified atom stereocenters. The predicted molar refractivity (Wildman–Crippen MR) is 63.6 cm³/mol. The minimum Gasteiger partial charge on any atom is -0.435 e. The maximum atomic E-state index is 12.0. The smallest absolute Gasteiger partial charge is 0.387 e. The van der Waals surface area contributed by atoms with E-state index in [1.54, 1.807) is 24.3 Å². The van der Waals surface area contributed by atoms with E-state index in [9.17, 15) is 13.9 Å². The third-order valence-electron chi connectivity index (χ3n) is 3.24. The molecular weight excluding hydrogens is 240 g/mol. The number of benzene rings is 1. The molecule has 1 aromatic carbocycles. The Hall–Kier alpha value is -1.20. The Bertz CT molecular complexity index is 370. The minimum atomic E-state index is -2.78. The molecule has 0 aromatic heterocycles. The SMILES string of the molecule is OC[C@H]1CCCN1Cc1ccc(OC(F)F)cc1. The number of nitrogens with zero attached hydrogens (tertiary/aromatic N) is 1. The molecular formula is C13H17F2NO2. The Balaban J connectivity index is 1.93. The highest BCUT2D eigenvalue weighted by atomic mass is 19.3. The van der Waals surface area contributed by atoms with E-state index >= 15 is 0 Å². The lowest BCUT2D eigenvalue weighted by Gasteiger charge is -2.22. The molecule has 5 heteroatoms. The van der Waals surface area contributed by atoms with Crippen molar-refractivity contribution in [2.45, 2.75) is 32.0 Å². The fourth-order valence-corrected chi connectivity index (χ4v) is 2.32. The molecule has 0 spiro atoms. The molecule has 100 valence electrons. The van der Waals surface area contributed by atoms with Crippen molar-refractivity contribution in [3.05, 3.63) is 29.8 Å². The minimum absolute atomic E-state index is 0.173. The van der Waals surface area contributed by atoms with Gasteiger partial charge < -0.3 is 9.84 Å². The predicted octanol–water partition coefficient (Wildman–Crippen LogP) is 2.24. The summed E-state index contributed by atoms with van der Waals surface area (Å²) in [5, 5.41) is 9.21. The average Bonchev–Trinajstić information content (AvgIpc) is 2.78. The second-order valence-corrected chi connectivity index (χ2v) is 4.47. The van der Waals surface area contributed by atoms with E-state index in [0.717, 1.165) is 31.5 Å². The number of alkyl halides is 2. The van der Waals surface area contributed by atoms with Crippen LogP contribution in [0, 0.1) is 0 Å². The van der Waals surface area contributed by atoms with Crippen LogP contribution in [0.3, 0.4) is 0 Å². The van der Waals surface area contributed by atoms with Crippen LogP contribution >= 0.6 is 0 Å². The second-order valence-electron chi connectivity index (χ2n) is 4.47. The monoisotopic (exact) mass is 257 g/mol. The normalized spacial score (nSPS) is 20.6. The molecule has 1 heterocycles. The number of aliphatic hydroxyl groups excluding tert-OH is 1. The third-order valence-corrected chi connectivity index (χ3v) is 3.24. The van der Waals surface area contributed by atoms with Gasteiger partial charge in [-0.1, -0.05) is 12.1 Å². The average molecular weight is 257 g/mol. The van der Waals surface area contributed by atoms with E-state index < -0.39 is 6.61 Å². The van der Waals surface area contributed by atoms with E-state index in [-0.39, 0.29) is 18.4 Å². The van der Waals surface area contributed by atoms with Crippen molar-refractivity contribution >= 4 is 0 Å². The van der Waals surface area contributed by atoms with Crippen molar-refractivity contribution in [2.24, 2.45) is 0 Å². The molecule has 1 saturated heterocycles. The first-order chi connectivity index (χ1) is 8.69. The number of halogens is 2. The Labute approximate surface area is 105 Å². The van der Waals surface area contributed by atoms with Crippen LogP contribution in [0.2, 0.25) is 0 Å². The van der Waals surface area contributed by atoms with Gasteiger partial charge in [-0.3, -0.25) is 4.90 Å². The van der Waals surface area contributed by atoms with Crippen molar-refractivity contribution in [1.29, 1.82) is 0 Å². The summed E-state index contributed by atoms with van der Waals surface area (Å²) >= 11 is 0. The van der Waals surface area contributed by atoms with Crippen LogP contribution in [0.4, 0.5) is 8.78 Å². The van der Waals surface area contributed by atoms with E-state index in [0.29, 0.717) is 0 Å². The van der Waals surface area contributed by atoms with Gasteiger partial charge in [-0.05, 0) is 37.1 Å². The maximum absolute atomic E-state index is 12.0. The van der Waals surface area contributed by atoms with Gasteiger partial charge in [0.25, 0.3) is 0 Å². The molecule has 18 heavy (non-hydrogen) atoms. The number of hydrogen-bond donors (Lipinski definition) is 1. The standard InChI is InChI=1S/C13H17F2NO2/c14-13(15)18-12-5-3-10(4-6-12)8-16-7-1-2-11(16)9-17/h3-6,11,13,17H,1-2,7-9H2/t11-/m1/s1. The van der Waals surface area contributed by atoms with Crippen molar-refractivity contribution in [3.8, 4) is 5.75 Å². The Kier molecular flexibility index (Phi) is 4.49. The van der Waals surface area contributed by atoms with Crippen LogP contribution in [0.5, 0.6) is 5.75 Å². The quantitative estimate of drug-likeness (QED) is 0.878. The molecule has 0 amide bonds. The van der Waals surface area contributed by atoms with Crippen LogP contribution in [0.1, 0.15) is 18.4 Å². The summed E-state index contributed by atoms with van der Waals surface area (Å²) in [7, 11) is 0. The summed E-state index contributed by atoms with van der Waals surface area (Å²) in [4.78, 5) is 2.21. The maximum Gasteiger partial charge on any atom is 0.387 e. The zero-order valence-electron chi connectivity index (χ0n) is 10.1. The summed E-state index contributed by atoms with van der Waals surface area (Å²) in [6, 6.07) is 6.88. The molecule has 1 N–H and O–H groups in total. The van der Waals surface area contributed by atoms with Crippen LogP contribution < -0.4 is 4.74 Å². The molecule has 2 rings (SSSR count). The van der Waals surface area contributed by atoms with Gasteiger partial charge in [0.1, 0.15) is 5.75 Å². The van der Waals surface area contributed by atoms with Crippen LogP contribution in [0.25, 0.3) is 0 Å². The highest BCUT2D eigenvalue weighted by Crippen LogP contribution is 2.21. The van der Waals surface area contributed by atoms with Crippen LogP contribution in [-0.4, -0.2) is 35.8 Å². The highest BCUT2D eigenvalue weighted by molar-refractivity contribution is 5.27. The Morgan fingerprint density at radius 3 is 2.67 bits per heavy atom. The lowest BCUT2D eigenvalue weighted by molar-refractivity contribution is -0.0498. The Morgan fingerprint density at radius 1 is 1.33 bits per heavy atom. The Morgan fingerprint density at radius 2 is 2.06 bits per heavy atom. The first kappa shape index (κ1) is 13.2. The molecule has 1 aliphatic heterocycles. The topological polar surface area (TPSA) is 32.7 Å². The summed E-state index contributed by atoms with van der Waals surface area (Å²) in [6.07, 6.45) is 2.11. The number of rotatable bonds is 5. The summed E-state index contributed by atoms with van der Waals surface area (Å²) in [5.41, 5.74) is 1.04. The third kappa shape index (κ3) is 3.40. The van der Waals surface area contributed by atoms with E-state index in [1.807, 2.05) is 0 Å². The first-order valence-corrected chi connectivity index (χ1v) is 6.07. The zero-order chi connectivity index (χ0) is 13.0. The number of ether oxygens (including phenoxy) is 1. The molecule has 0 radical (unpaired) electrons. The largest absolute Gasteiger partial charge is 0.435 e. The molecule has 1 aromatic rings. The number of hydrogen-bond acceptors (Lipinski definition) is 3. The molecule has 1 aliphatic rings. The molecule has 1 fully saturated rings. The summed E-state index contributed by atoms with van der Waals surface area (Å²) < 4.78 is 28.3. The van der Waals surface area contributed by atoms with Crippen LogP contribution in [0.15, 0.2) is 24.3 Å². The van der Waals surface area contributed by atoms with Gasteiger partial charge in [-0.25, -0.2) is 0 Å². The van der Waals surface area contributed by atoms with Gasteiger partial charge in [-0.15, -0.1) is 0 Å². The summed E-state index contributed by atoms with van der Waals surface area (Å²) in [5.74, 6) is 0.175. The number of aliphatic hydroxyl groups is 1. The van der Waals surface area contributed by atoms with Crippen molar-refractivity contribution in [1.82, 2.24) is 4.90 Å². The van der Waals surface area contributed by atoms with Gasteiger partial charge in [-0.2, -0.15) is 8.78 Å². The van der Waals surface area contributed by atoms with Crippen molar-refractivity contribution < 1.29 is 18.6 Å². The highest BCUT2D eigenvalue weighted by Gasteiger charge is 2.23. The molecule has 3 nitrogen and oxygen atoms in total. The number of likely N-dealkylation sites (tertiary alicyclic amines) is 1. The lowest BCUT2D eigenvalue weighted by Crippen LogP contribution is -2.31. The van der Waals surface area contributed by atoms with Crippen molar-refractivity contribution in [3.63, 3.8) is 0 Å². The lowest BCUT2D eigenvalue weighted by atomic mass is 10.2. The molecule has 1 atom stereocenters. The van der Waals surface area contributed by atoms with Gasteiger partial charge in [0.15, 0.2) is 0 Å². The molecule has 0 saturated carbocycles. The van der Waals surface area contributed by atoms with Crippen molar-refractivity contribution in [2.75, 3.05) is 13.2 Å². The van der Waals surface area contributed by atoms with Gasteiger partial charge in [0.2, 0.25) is 0 Å². The fraction of sp³-hybridized carbons (Fsp3) is 0.538. The summed E-state index contributed by atoms with van der Waals surface area (Å²) in [6.45, 7) is -0.902. The molecule has 0 bridgehead atoms. The first-order valence-electron chi connectivity index (χ1n) is 6.07. The van der Waals surface area contributed by atoms with E-state index in [2.05, 4.69) is 9.64 Å². The van der Waals surface area contributed by atoms with Gasteiger partial charge in [0.05, 0.1) is 6.61 Å². The van der Waals surface area contributed by atoms with E-state index in [4.69, 9.17) is 0 Å². The fourth-order valence-electron chi connectivity index (χ4n) is 2.32. The second kappa shape index (κ2) is 6.11. The zero-order valence-corrected chi connectivity index (χ0v) is 10.1.